The predicted molar refractivity (Wildman–Crippen MR) is 98.4 cm³/mol. The minimum Gasteiger partial charge on any atom is -0.501 e. The molecule has 0 aromatic heterocycles. The lowest BCUT2D eigenvalue weighted by molar-refractivity contribution is -0.484. The zero-order valence-electron chi connectivity index (χ0n) is 14.6. The third-order valence-electron chi connectivity index (χ3n) is 4.98. The Balaban J connectivity index is 2.07. The van der Waals surface area contributed by atoms with Crippen molar-refractivity contribution >= 4 is 5.78 Å². The highest BCUT2D eigenvalue weighted by Crippen LogP contribution is 2.43. The maximum Gasteiger partial charge on any atom is 0.211 e. The van der Waals surface area contributed by atoms with Crippen LogP contribution < -0.4 is 0 Å². The van der Waals surface area contributed by atoms with Crippen molar-refractivity contribution in [1.29, 1.82) is 0 Å². The maximum atomic E-state index is 13.0. The molecule has 2 aromatic rings. The SMILES string of the molecule is COC1=CC(=O)C(C(C[N+](=O)[O-])c2ccccc2)C(c2ccccc2)C1. The molecule has 3 unspecified atom stereocenters. The molecule has 0 fully saturated rings. The number of hydrogen-bond donors (Lipinski definition) is 0. The van der Waals surface area contributed by atoms with Crippen LogP contribution in [0.15, 0.2) is 72.5 Å². The summed E-state index contributed by atoms with van der Waals surface area (Å²) >= 11 is 0. The first-order chi connectivity index (χ1) is 12.6. The molecule has 134 valence electrons. The Labute approximate surface area is 152 Å². The Morgan fingerprint density at radius 1 is 1.12 bits per heavy atom. The molecule has 5 heteroatoms. The smallest absolute Gasteiger partial charge is 0.211 e. The van der Waals surface area contributed by atoms with Crippen LogP contribution in [-0.4, -0.2) is 24.4 Å². The molecule has 26 heavy (non-hydrogen) atoms. The van der Waals surface area contributed by atoms with Crippen LogP contribution in [0.1, 0.15) is 29.4 Å². The van der Waals surface area contributed by atoms with Crippen molar-refractivity contribution in [1.82, 2.24) is 0 Å². The number of nitrogens with zero attached hydrogens (tertiary/aromatic N) is 1. The van der Waals surface area contributed by atoms with Gasteiger partial charge in [0.15, 0.2) is 5.78 Å². The molecule has 2 aromatic carbocycles. The van der Waals surface area contributed by atoms with Crippen molar-refractivity contribution in [3.8, 4) is 0 Å². The van der Waals surface area contributed by atoms with E-state index in [1.807, 2.05) is 60.7 Å². The standard InChI is InChI=1S/C21H21NO4/c1-26-17-12-18(15-8-4-2-5-9-15)21(20(23)13-17)19(14-22(24)25)16-10-6-3-7-11-16/h2-11,13,18-19,21H,12,14H2,1H3. The second-order valence-electron chi connectivity index (χ2n) is 6.50. The number of carbonyl (C=O) groups is 1. The average Bonchev–Trinajstić information content (AvgIpc) is 2.67. The van der Waals surface area contributed by atoms with E-state index in [9.17, 15) is 14.9 Å². The summed E-state index contributed by atoms with van der Waals surface area (Å²) in [7, 11) is 1.55. The van der Waals surface area contributed by atoms with Crippen LogP contribution in [-0.2, 0) is 9.53 Å². The van der Waals surface area contributed by atoms with E-state index in [2.05, 4.69) is 0 Å². The van der Waals surface area contributed by atoms with Gasteiger partial charge >= 0.3 is 0 Å². The van der Waals surface area contributed by atoms with E-state index in [-0.39, 0.29) is 23.2 Å². The van der Waals surface area contributed by atoms with E-state index in [1.165, 1.54) is 6.08 Å². The average molecular weight is 351 g/mol. The van der Waals surface area contributed by atoms with Gasteiger partial charge in [0.2, 0.25) is 6.54 Å². The summed E-state index contributed by atoms with van der Waals surface area (Å²) in [6.07, 6.45) is 2.05. The predicted octanol–water partition coefficient (Wildman–Crippen LogP) is 3.95. The van der Waals surface area contributed by atoms with Crippen LogP contribution in [0.25, 0.3) is 0 Å². The quantitative estimate of drug-likeness (QED) is 0.584. The fraction of sp³-hybridized carbons (Fsp3) is 0.286. The molecular weight excluding hydrogens is 330 g/mol. The minimum absolute atomic E-state index is 0.113. The molecule has 5 nitrogen and oxygen atoms in total. The second kappa shape index (κ2) is 7.95. The highest BCUT2D eigenvalue weighted by molar-refractivity contribution is 5.94. The third kappa shape index (κ3) is 3.82. The van der Waals surface area contributed by atoms with E-state index < -0.39 is 11.8 Å². The number of ether oxygens (including phenoxy) is 1. The third-order valence-corrected chi connectivity index (χ3v) is 4.98. The Bertz CT molecular complexity index is 801. The van der Waals surface area contributed by atoms with E-state index in [0.29, 0.717) is 12.2 Å². The van der Waals surface area contributed by atoms with Crippen molar-refractivity contribution in [2.45, 2.75) is 18.3 Å². The molecule has 1 aliphatic rings. The lowest BCUT2D eigenvalue weighted by Gasteiger charge is -2.34. The second-order valence-corrected chi connectivity index (χ2v) is 6.50. The van der Waals surface area contributed by atoms with Crippen molar-refractivity contribution in [2.24, 2.45) is 5.92 Å². The molecular formula is C21H21NO4. The summed E-state index contributed by atoms with van der Waals surface area (Å²) in [5.74, 6) is -0.637. The molecule has 0 spiro atoms. The maximum absolute atomic E-state index is 13.0. The molecule has 1 aliphatic carbocycles. The first-order valence-corrected chi connectivity index (χ1v) is 8.60. The van der Waals surface area contributed by atoms with Gasteiger partial charge in [0, 0.05) is 29.3 Å². The Kier molecular flexibility index (Phi) is 5.46. The van der Waals surface area contributed by atoms with Gasteiger partial charge in [-0.3, -0.25) is 14.9 Å². The van der Waals surface area contributed by atoms with Crippen LogP contribution in [0, 0.1) is 16.0 Å². The van der Waals surface area contributed by atoms with E-state index in [0.717, 1.165) is 11.1 Å². The van der Waals surface area contributed by atoms with Gasteiger partial charge in [-0.25, -0.2) is 0 Å². The van der Waals surface area contributed by atoms with Crippen molar-refractivity contribution < 1.29 is 14.5 Å². The molecule has 0 saturated carbocycles. The number of benzene rings is 2. The number of ketones is 1. The van der Waals surface area contributed by atoms with Gasteiger partial charge in [-0.05, 0) is 11.1 Å². The molecule has 0 aliphatic heterocycles. The highest BCUT2D eigenvalue weighted by Gasteiger charge is 2.41. The van der Waals surface area contributed by atoms with Gasteiger partial charge in [-0.15, -0.1) is 0 Å². The molecule has 0 heterocycles. The molecule has 0 amide bonds. The van der Waals surface area contributed by atoms with Crippen LogP contribution in [0.5, 0.6) is 0 Å². The van der Waals surface area contributed by atoms with Gasteiger partial charge in [0.1, 0.15) is 0 Å². The van der Waals surface area contributed by atoms with Gasteiger partial charge in [0.25, 0.3) is 0 Å². The number of hydrogen-bond acceptors (Lipinski definition) is 4. The Hall–Kier alpha value is -2.95. The monoisotopic (exact) mass is 351 g/mol. The number of carbonyl (C=O) groups excluding carboxylic acids is 1. The number of nitro groups is 1. The number of allylic oxidation sites excluding steroid dienone is 2. The molecule has 0 radical (unpaired) electrons. The largest absolute Gasteiger partial charge is 0.501 e. The molecule has 0 saturated heterocycles. The Morgan fingerprint density at radius 2 is 1.73 bits per heavy atom. The van der Waals surface area contributed by atoms with Gasteiger partial charge < -0.3 is 4.74 Å². The summed E-state index contributed by atoms with van der Waals surface area (Å²) < 4.78 is 5.33. The topological polar surface area (TPSA) is 69.4 Å². The summed E-state index contributed by atoms with van der Waals surface area (Å²) in [5.41, 5.74) is 1.82. The lowest BCUT2D eigenvalue weighted by Crippen LogP contribution is -2.34. The summed E-state index contributed by atoms with van der Waals surface area (Å²) in [4.78, 5) is 24.0. The summed E-state index contributed by atoms with van der Waals surface area (Å²) in [6.45, 7) is -0.278. The van der Waals surface area contributed by atoms with Gasteiger partial charge in [-0.1, -0.05) is 60.7 Å². The van der Waals surface area contributed by atoms with E-state index >= 15 is 0 Å². The fourth-order valence-corrected chi connectivity index (χ4v) is 3.79. The van der Waals surface area contributed by atoms with Crippen LogP contribution in [0.4, 0.5) is 0 Å². The number of rotatable bonds is 6. The molecule has 0 bridgehead atoms. The fourth-order valence-electron chi connectivity index (χ4n) is 3.79. The molecule has 0 N–H and O–H groups in total. The zero-order chi connectivity index (χ0) is 18.5. The zero-order valence-corrected chi connectivity index (χ0v) is 14.6. The molecule has 3 rings (SSSR count). The van der Waals surface area contributed by atoms with Crippen LogP contribution in [0.2, 0.25) is 0 Å². The summed E-state index contributed by atoms with van der Waals surface area (Å²) in [5, 5.41) is 11.4. The van der Waals surface area contributed by atoms with Gasteiger partial charge in [0.05, 0.1) is 18.8 Å². The first kappa shape index (κ1) is 17.9. The molecule has 3 atom stereocenters. The van der Waals surface area contributed by atoms with E-state index in [1.54, 1.807) is 7.11 Å². The lowest BCUT2D eigenvalue weighted by atomic mass is 9.69. The van der Waals surface area contributed by atoms with E-state index in [4.69, 9.17) is 4.74 Å². The first-order valence-electron chi connectivity index (χ1n) is 8.60. The normalized spacial score (nSPS) is 21.0. The minimum atomic E-state index is -0.496. The van der Waals surface area contributed by atoms with Crippen LogP contribution in [0.3, 0.4) is 0 Å². The Morgan fingerprint density at radius 3 is 2.31 bits per heavy atom. The van der Waals surface area contributed by atoms with Crippen molar-refractivity contribution in [3.63, 3.8) is 0 Å². The summed E-state index contributed by atoms with van der Waals surface area (Å²) in [6, 6.07) is 19.0. The van der Waals surface area contributed by atoms with Crippen LogP contribution >= 0.6 is 0 Å². The van der Waals surface area contributed by atoms with Gasteiger partial charge in [-0.2, -0.15) is 0 Å². The highest BCUT2D eigenvalue weighted by atomic mass is 16.6. The van der Waals surface area contributed by atoms with Crippen molar-refractivity contribution in [3.05, 3.63) is 93.7 Å². The van der Waals surface area contributed by atoms with Crippen molar-refractivity contribution in [2.75, 3.05) is 13.7 Å². The number of methoxy groups -OCH3 is 1.